The lowest BCUT2D eigenvalue weighted by atomic mass is 10.1. The van der Waals surface area contributed by atoms with Gasteiger partial charge in [0, 0.05) is 18.0 Å². The predicted octanol–water partition coefficient (Wildman–Crippen LogP) is 1.78. The first kappa shape index (κ1) is 17.2. The van der Waals surface area contributed by atoms with Gasteiger partial charge in [0.05, 0.1) is 6.54 Å². The van der Waals surface area contributed by atoms with Gasteiger partial charge in [0.2, 0.25) is 5.91 Å². The van der Waals surface area contributed by atoms with E-state index in [0.717, 1.165) is 16.5 Å². The molecule has 1 amide bonds. The minimum atomic E-state index is -0.698. The van der Waals surface area contributed by atoms with Crippen LogP contribution in [0.15, 0.2) is 42.5 Å². The molecular formula is C18H24N2O3. The van der Waals surface area contributed by atoms with E-state index in [1.165, 1.54) is 0 Å². The van der Waals surface area contributed by atoms with Gasteiger partial charge in [-0.2, -0.15) is 0 Å². The fourth-order valence-corrected chi connectivity index (χ4v) is 2.49. The average Bonchev–Trinajstić information content (AvgIpc) is 2.51. The summed E-state index contributed by atoms with van der Waals surface area (Å²) in [6, 6.07) is 13.9. The summed E-state index contributed by atoms with van der Waals surface area (Å²) in [5.74, 6) is 0.342. The van der Waals surface area contributed by atoms with Crippen LogP contribution in [-0.2, 0) is 4.79 Å². The molecule has 124 valence electrons. The van der Waals surface area contributed by atoms with E-state index < -0.39 is 12.0 Å². The smallest absolute Gasteiger partial charge is 0.231 e. The molecule has 0 radical (unpaired) electrons. The number of ether oxygens (including phenoxy) is 1. The molecule has 1 unspecified atom stereocenters. The van der Waals surface area contributed by atoms with Gasteiger partial charge in [-0.3, -0.25) is 9.69 Å². The Morgan fingerprint density at radius 3 is 2.61 bits per heavy atom. The molecule has 0 aromatic heterocycles. The van der Waals surface area contributed by atoms with Crippen LogP contribution in [0.2, 0.25) is 0 Å². The summed E-state index contributed by atoms with van der Waals surface area (Å²) < 4.78 is 5.77. The summed E-state index contributed by atoms with van der Waals surface area (Å²) in [7, 11) is 0. The zero-order chi connectivity index (χ0) is 16.8. The van der Waals surface area contributed by atoms with E-state index in [4.69, 9.17) is 10.5 Å². The molecule has 1 atom stereocenters. The summed E-state index contributed by atoms with van der Waals surface area (Å²) in [4.78, 5) is 12.9. The second-order valence-corrected chi connectivity index (χ2v) is 5.93. The molecule has 5 nitrogen and oxygen atoms in total. The fourth-order valence-electron chi connectivity index (χ4n) is 2.49. The molecule has 2 rings (SSSR count). The molecular weight excluding hydrogens is 292 g/mol. The van der Waals surface area contributed by atoms with Crippen LogP contribution in [0.4, 0.5) is 0 Å². The fraction of sp³-hybridized carbons (Fsp3) is 0.389. The molecule has 5 heteroatoms. The number of nitrogens with two attached hydrogens (primary N) is 1. The molecule has 0 saturated carbocycles. The molecule has 0 aliphatic rings. The highest BCUT2D eigenvalue weighted by Crippen LogP contribution is 2.25. The first-order chi connectivity index (χ1) is 11.0. The van der Waals surface area contributed by atoms with Crippen molar-refractivity contribution in [3.8, 4) is 5.75 Å². The van der Waals surface area contributed by atoms with Gasteiger partial charge in [0.25, 0.3) is 0 Å². The minimum Gasteiger partial charge on any atom is -0.490 e. The van der Waals surface area contributed by atoms with Crippen molar-refractivity contribution in [2.24, 2.45) is 5.73 Å². The number of benzene rings is 2. The van der Waals surface area contributed by atoms with Crippen molar-refractivity contribution in [1.82, 2.24) is 4.90 Å². The highest BCUT2D eigenvalue weighted by molar-refractivity contribution is 5.88. The number of carbonyl (C=O) groups is 1. The molecule has 0 fully saturated rings. The van der Waals surface area contributed by atoms with E-state index in [1.54, 1.807) is 0 Å². The van der Waals surface area contributed by atoms with E-state index in [1.807, 2.05) is 61.2 Å². The van der Waals surface area contributed by atoms with Crippen LogP contribution < -0.4 is 10.5 Å². The SMILES string of the molecule is CC(C)N(CC(N)=O)CC(O)COc1cccc2ccccc12. The quantitative estimate of drug-likeness (QED) is 0.778. The lowest BCUT2D eigenvalue weighted by Gasteiger charge is -2.27. The van der Waals surface area contributed by atoms with Crippen LogP contribution in [0.25, 0.3) is 10.8 Å². The Bertz CT molecular complexity index is 652. The summed E-state index contributed by atoms with van der Waals surface area (Å²) in [6.07, 6.45) is -0.698. The van der Waals surface area contributed by atoms with Crippen molar-refractivity contribution in [3.05, 3.63) is 42.5 Å². The first-order valence-corrected chi connectivity index (χ1v) is 7.78. The third-order valence-electron chi connectivity index (χ3n) is 3.72. The van der Waals surface area contributed by atoms with Crippen molar-refractivity contribution >= 4 is 16.7 Å². The van der Waals surface area contributed by atoms with Gasteiger partial charge in [-0.1, -0.05) is 36.4 Å². The second-order valence-electron chi connectivity index (χ2n) is 5.93. The molecule has 0 aliphatic carbocycles. The summed E-state index contributed by atoms with van der Waals surface area (Å²) >= 11 is 0. The maximum atomic E-state index is 11.1. The Hall–Kier alpha value is -2.11. The number of hydrogen-bond acceptors (Lipinski definition) is 4. The van der Waals surface area contributed by atoms with E-state index in [-0.39, 0.29) is 19.2 Å². The number of nitrogens with zero attached hydrogens (tertiary/aromatic N) is 1. The molecule has 0 heterocycles. The number of amides is 1. The molecule has 23 heavy (non-hydrogen) atoms. The highest BCUT2D eigenvalue weighted by atomic mass is 16.5. The first-order valence-electron chi connectivity index (χ1n) is 7.78. The van der Waals surface area contributed by atoms with Crippen LogP contribution in [-0.4, -0.2) is 47.8 Å². The van der Waals surface area contributed by atoms with Gasteiger partial charge in [0.15, 0.2) is 0 Å². The van der Waals surface area contributed by atoms with Gasteiger partial charge >= 0.3 is 0 Å². The maximum absolute atomic E-state index is 11.1. The Morgan fingerprint density at radius 1 is 1.22 bits per heavy atom. The molecule has 0 bridgehead atoms. The van der Waals surface area contributed by atoms with Crippen LogP contribution in [0.5, 0.6) is 5.75 Å². The number of fused-ring (bicyclic) bond motifs is 1. The van der Waals surface area contributed by atoms with Crippen molar-refractivity contribution < 1.29 is 14.6 Å². The number of aliphatic hydroxyl groups is 1. The maximum Gasteiger partial charge on any atom is 0.231 e. The molecule has 0 spiro atoms. The number of primary amides is 1. The van der Waals surface area contributed by atoms with Crippen LogP contribution in [0, 0.1) is 0 Å². The number of hydrogen-bond donors (Lipinski definition) is 2. The Morgan fingerprint density at radius 2 is 1.91 bits per heavy atom. The number of rotatable bonds is 8. The summed E-state index contributed by atoms with van der Waals surface area (Å²) in [6.45, 7) is 4.55. The average molecular weight is 316 g/mol. The van der Waals surface area contributed by atoms with E-state index in [0.29, 0.717) is 6.54 Å². The number of aliphatic hydroxyl groups excluding tert-OH is 1. The lowest BCUT2D eigenvalue weighted by Crippen LogP contribution is -2.44. The molecule has 0 saturated heterocycles. The number of carbonyl (C=O) groups excluding carboxylic acids is 1. The van der Waals surface area contributed by atoms with Gasteiger partial charge in [-0.15, -0.1) is 0 Å². The van der Waals surface area contributed by atoms with Gasteiger partial charge in [-0.25, -0.2) is 0 Å². The third-order valence-corrected chi connectivity index (χ3v) is 3.72. The minimum absolute atomic E-state index is 0.120. The second kappa shape index (κ2) is 7.94. The zero-order valence-corrected chi connectivity index (χ0v) is 13.6. The van der Waals surface area contributed by atoms with Crippen LogP contribution >= 0.6 is 0 Å². The summed E-state index contributed by atoms with van der Waals surface area (Å²) in [5, 5.41) is 12.3. The van der Waals surface area contributed by atoms with Gasteiger partial charge in [0.1, 0.15) is 18.5 Å². The van der Waals surface area contributed by atoms with E-state index in [9.17, 15) is 9.90 Å². The van der Waals surface area contributed by atoms with E-state index >= 15 is 0 Å². The summed E-state index contributed by atoms with van der Waals surface area (Å²) in [5.41, 5.74) is 5.24. The van der Waals surface area contributed by atoms with Crippen LogP contribution in [0.1, 0.15) is 13.8 Å². The van der Waals surface area contributed by atoms with Crippen molar-refractivity contribution in [2.45, 2.75) is 26.0 Å². The normalized spacial score (nSPS) is 12.7. The van der Waals surface area contributed by atoms with Crippen molar-refractivity contribution in [2.75, 3.05) is 19.7 Å². The zero-order valence-electron chi connectivity index (χ0n) is 13.6. The third kappa shape index (κ3) is 4.94. The van der Waals surface area contributed by atoms with Gasteiger partial charge < -0.3 is 15.6 Å². The Balaban J connectivity index is 1.97. The molecule has 3 N–H and O–H groups in total. The molecule has 2 aromatic rings. The standard InChI is InChI=1S/C18H24N2O3/c1-13(2)20(11-18(19)22)10-15(21)12-23-17-9-5-7-14-6-3-4-8-16(14)17/h3-9,13,15,21H,10-12H2,1-2H3,(H2,19,22). The largest absolute Gasteiger partial charge is 0.490 e. The Labute approximate surface area is 136 Å². The molecule has 2 aromatic carbocycles. The molecule has 0 aliphatic heterocycles. The Kier molecular flexibility index (Phi) is 5.96. The predicted molar refractivity (Wildman–Crippen MR) is 91.4 cm³/mol. The van der Waals surface area contributed by atoms with Crippen molar-refractivity contribution in [3.63, 3.8) is 0 Å². The van der Waals surface area contributed by atoms with E-state index in [2.05, 4.69) is 0 Å². The lowest BCUT2D eigenvalue weighted by molar-refractivity contribution is -0.120. The van der Waals surface area contributed by atoms with Crippen molar-refractivity contribution in [1.29, 1.82) is 0 Å². The highest BCUT2D eigenvalue weighted by Gasteiger charge is 2.17. The van der Waals surface area contributed by atoms with Crippen LogP contribution in [0.3, 0.4) is 0 Å². The topological polar surface area (TPSA) is 75.8 Å². The van der Waals surface area contributed by atoms with Gasteiger partial charge in [-0.05, 0) is 25.3 Å². The monoisotopic (exact) mass is 316 g/mol.